The first-order valence-electron chi connectivity index (χ1n) is 19.3. The molecule has 2 aromatic carbocycles. The van der Waals surface area contributed by atoms with E-state index in [0.29, 0.717) is 50.5 Å². The number of sulfonamides is 1. The van der Waals surface area contributed by atoms with E-state index in [1.54, 1.807) is 32.2 Å². The standard InChI is InChI=1S/C43H57ClN2O6SSi/c1-30-13-11-23-43(50-6,22-9-10-24-52-54(7,8)41(3,4)5)37-18-15-34(37)27-46-28-42(21-12-14-32-25-35(44)17-19-36(32)42)29-51-39-20-16-33(26-38(39)46)40(47)45-53(48,49)31(30)2/h11,16-17,19-20,23,25-26,31,34,37H,1,10,12-15,18,21,24,27-29H2,2-8H3,(H,45,47)/b23-11+/t31-,34+,37-,42+,43-/m1/s1. The average molecular weight is 794 g/mol. The van der Waals surface area contributed by atoms with Crippen LogP contribution in [0.15, 0.2) is 60.7 Å². The number of hydrogen-bond donors (Lipinski definition) is 1. The van der Waals surface area contributed by atoms with Gasteiger partial charge in [0.1, 0.15) is 11.4 Å². The Hall–Kier alpha value is -3.07. The number of carbonyl (C=O) groups excluding carboxylic acids is 1. The highest BCUT2D eigenvalue weighted by atomic mass is 35.5. The Bertz CT molecular complexity index is 1980. The molecule has 2 aliphatic carbocycles. The van der Waals surface area contributed by atoms with Crippen molar-refractivity contribution in [3.8, 4) is 17.6 Å². The number of nitrogens with zero attached hydrogens (tertiary/aromatic N) is 1. The van der Waals surface area contributed by atoms with E-state index in [1.165, 1.54) is 11.1 Å². The maximum absolute atomic E-state index is 13.6. The molecule has 2 bridgehead atoms. The Labute approximate surface area is 329 Å². The monoisotopic (exact) mass is 792 g/mol. The van der Waals surface area contributed by atoms with E-state index in [4.69, 9.17) is 25.5 Å². The second-order valence-corrected chi connectivity index (χ2v) is 24.5. The molecule has 2 heterocycles. The summed E-state index contributed by atoms with van der Waals surface area (Å²) < 4.78 is 48.9. The minimum Gasteiger partial charge on any atom is -0.490 e. The lowest BCUT2D eigenvalue weighted by molar-refractivity contribution is -0.0350. The summed E-state index contributed by atoms with van der Waals surface area (Å²) in [6.45, 7) is 19.3. The van der Waals surface area contributed by atoms with Crippen LogP contribution in [0.1, 0.15) is 87.7 Å². The molecule has 2 aliphatic heterocycles. The van der Waals surface area contributed by atoms with Gasteiger partial charge in [-0.3, -0.25) is 4.79 Å². The van der Waals surface area contributed by atoms with E-state index in [2.05, 4.69) is 74.0 Å². The van der Waals surface area contributed by atoms with Crippen molar-refractivity contribution in [2.45, 2.75) is 107 Å². The van der Waals surface area contributed by atoms with E-state index in [9.17, 15) is 13.2 Å². The van der Waals surface area contributed by atoms with Crippen LogP contribution < -0.4 is 14.4 Å². The summed E-state index contributed by atoms with van der Waals surface area (Å²) in [5, 5.41) is -0.171. The molecular formula is C43H57ClN2O6SSi. The molecule has 292 valence electrons. The van der Waals surface area contributed by atoms with Crippen LogP contribution in [0.4, 0.5) is 5.69 Å². The fourth-order valence-corrected chi connectivity index (χ4v) is 10.6. The molecule has 0 aromatic heterocycles. The summed E-state index contributed by atoms with van der Waals surface area (Å²) in [5.41, 5.74) is 2.79. The predicted molar refractivity (Wildman–Crippen MR) is 220 cm³/mol. The van der Waals surface area contributed by atoms with Crippen molar-refractivity contribution in [1.82, 2.24) is 4.72 Å². The van der Waals surface area contributed by atoms with E-state index in [0.717, 1.165) is 42.8 Å². The first-order valence-corrected chi connectivity index (χ1v) is 24.1. The lowest BCUT2D eigenvalue weighted by Gasteiger charge is -2.48. The number of nitrogens with one attached hydrogen (secondary N) is 1. The van der Waals surface area contributed by atoms with E-state index < -0.39 is 35.1 Å². The van der Waals surface area contributed by atoms with Gasteiger partial charge in [-0.2, -0.15) is 0 Å². The van der Waals surface area contributed by atoms with Gasteiger partial charge in [0.2, 0.25) is 10.0 Å². The van der Waals surface area contributed by atoms with Gasteiger partial charge in [-0.1, -0.05) is 68.5 Å². The van der Waals surface area contributed by atoms with Gasteiger partial charge in [0, 0.05) is 55.1 Å². The normalized spacial score (nSPS) is 29.0. The van der Waals surface area contributed by atoms with Gasteiger partial charge in [0.25, 0.3) is 5.91 Å². The number of ether oxygens (including phenoxy) is 2. The molecule has 0 radical (unpaired) electrons. The number of carbonyl (C=O) groups is 1. The van der Waals surface area contributed by atoms with Gasteiger partial charge >= 0.3 is 0 Å². The topological polar surface area (TPSA) is 94.2 Å². The lowest BCUT2D eigenvalue weighted by atomic mass is 9.64. The quantitative estimate of drug-likeness (QED) is 0.144. The summed E-state index contributed by atoms with van der Waals surface area (Å²) in [5.74, 6) is 7.27. The van der Waals surface area contributed by atoms with Gasteiger partial charge < -0.3 is 18.8 Å². The maximum Gasteiger partial charge on any atom is 0.264 e. The van der Waals surface area contributed by atoms with E-state index >= 15 is 0 Å². The van der Waals surface area contributed by atoms with Gasteiger partial charge in [-0.05, 0) is 117 Å². The molecule has 2 aromatic rings. The lowest BCUT2D eigenvalue weighted by Crippen LogP contribution is -2.52. The third-order valence-electron chi connectivity index (χ3n) is 12.9. The maximum atomic E-state index is 13.6. The second kappa shape index (κ2) is 15.5. The first kappa shape index (κ1) is 40.6. The highest BCUT2D eigenvalue weighted by Crippen LogP contribution is 2.49. The minimum atomic E-state index is -4.08. The molecule has 5 atom stereocenters. The molecule has 11 heteroatoms. The fraction of sp³-hybridized carbons (Fsp3) is 0.558. The zero-order chi connectivity index (χ0) is 39.1. The van der Waals surface area contributed by atoms with Gasteiger partial charge in [0.05, 0.1) is 17.5 Å². The van der Waals surface area contributed by atoms with Crippen molar-refractivity contribution in [3.63, 3.8) is 0 Å². The van der Waals surface area contributed by atoms with Crippen LogP contribution >= 0.6 is 11.6 Å². The highest BCUT2D eigenvalue weighted by molar-refractivity contribution is 7.90. The summed E-state index contributed by atoms with van der Waals surface area (Å²) in [6, 6.07) is 11.4. The molecule has 0 saturated heterocycles. The van der Waals surface area contributed by atoms with Crippen molar-refractivity contribution in [1.29, 1.82) is 0 Å². The number of rotatable bonds is 4. The van der Waals surface area contributed by atoms with Crippen molar-refractivity contribution < 1.29 is 27.1 Å². The van der Waals surface area contributed by atoms with Crippen molar-refractivity contribution >= 4 is 41.5 Å². The Morgan fingerprint density at radius 3 is 2.65 bits per heavy atom. The Morgan fingerprint density at radius 1 is 1.17 bits per heavy atom. The van der Waals surface area contributed by atoms with E-state index in [-0.39, 0.29) is 27.9 Å². The third-order valence-corrected chi connectivity index (χ3v) is 19.4. The number of methoxy groups -OCH3 is 1. The molecule has 1 fully saturated rings. The summed E-state index contributed by atoms with van der Waals surface area (Å²) in [4.78, 5) is 16.0. The smallest absolute Gasteiger partial charge is 0.264 e. The number of allylic oxidation sites excluding steroid dienone is 1. The summed E-state index contributed by atoms with van der Waals surface area (Å²) in [7, 11) is -4.28. The Kier molecular flexibility index (Phi) is 11.6. The van der Waals surface area contributed by atoms with Crippen LogP contribution in [0.25, 0.3) is 0 Å². The number of hydrogen-bond acceptors (Lipinski definition) is 7. The molecule has 1 saturated carbocycles. The molecular weight excluding hydrogens is 736 g/mol. The third kappa shape index (κ3) is 8.08. The van der Waals surface area contributed by atoms with Gasteiger partial charge in [-0.25, -0.2) is 13.1 Å². The molecule has 1 spiro atoms. The highest BCUT2D eigenvalue weighted by Gasteiger charge is 2.49. The zero-order valence-corrected chi connectivity index (χ0v) is 35.6. The van der Waals surface area contributed by atoms with Crippen molar-refractivity contribution in [3.05, 3.63) is 82.4 Å². The van der Waals surface area contributed by atoms with Crippen LogP contribution in [0.3, 0.4) is 0 Å². The van der Waals surface area contributed by atoms with Gasteiger partial charge in [-0.15, -0.1) is 0 Å². The van der Waals surface area contributed by atoms with Crippen molar-refractivity contribution in [2.75, 3.05) is 38.3 Å². The number of anilines is 1. The predicted octanol–water partition coefficient (Wildman–Crippen LogP) is 8.60. The van der Waals surface area contributed by atoms with Crippen LogP contribution in [0.5, 0.6) is 5.75 Å². The average Bonchev–Trinajstić information content (AvgIpc) is 3.24. The number of benzene rings is 2. The first-order chi connectivity index (χ1) is 25.4. The second-order valence-electron chi connectivity index (χ2n) is 17.3. The number of aryl methyl sites for hydroxylation is 1. The van der Waals surface area contributed by atoms with Crippen LogP contribution in [0.2, 0.25) is 23.2 Å². The van der Waals surface area contributed by atoms with Crippen LogP contribution in [0, 0.1) is 23.7 Å². The number of amides is 1. The number of fused-ring (bicyclic) bond motifs is 4. The van der Waals surface area contributed by atoms with Crippen molar-refractivity contribution in [2.24, 2.45) is 11.8 Å². The SMILES string of the molecule is C=C1C/C=C/[C@@](C#CCCO[Si](C)(C)C(C)(C)C)(OC)[C@@H]2CC[C@H]2CN2C[C@@]3(CCCc4cc(Cl)ccc43)COc3ccc(cc32)C(=O)NS(=O)(=O)[C@@H]1C. The Balaban J connectivity index is 1.41. The fourth-order valence-electron chi connectivity index (χ4n) is 8.24. The molecule has 6 rings (SSSR count). The van der Waals surface area contributed by atoms with E-state index in [1.807, 2.05) is 18.2 Å². The zero-order valence-electron chi connectivity index (χ0n) is 33.0. The van der Waals surface area contributed by atoms with Crippen LogP contribution in [-0.4, -0.2) is 66.9 Å². The Morgan fingerprint density at radius 2 is 1.94 bits per heavy atom. The molecule has 0 unspecified atom stereocenters. The molecule has 54 heavy (non-hydrogen) atoms. The molecule has 8 nitrogen and oxygen atoms in total. The molecule has 1 N–H and O–H groups in total. The molecule has 1 amide bonds. The summed E-state index contributed by atoms with van der Waals surface area (Å²) >= 11 is 6.49. The van der Waals surface area contributed by atoms with Gasteiger partial charge in [0.15, 0.2) is 8.32 Å². The van der Waals surface area contributed by atoms with Crippen LogP contribution in [-0.2, 0) is 31.0 Å². The summed E-state index contributed by atoms with van der Waals surface area (Å²) in [6.07, 6.45) is 9.65. The molecule has 4 aliphatic rings. The largest absolute Gasteiger partial charge is 0.490 e. The minimum absolute atomic E-state index is 0.0717. The number of halogens is 1.